The number of benzene rings is 11. The second-order valence-electron chi connectivity index (χ2n) is 27.0. The van der Waals surface area contributed by atoms with Crippen molar-refractivity contribution in [2.24, 2.45) is 11.8 Å². The van der Waals surface area contributed by atoms with Crippen LogP contribution in [0.1, 0.15) is 137 Å². The Morgan fingerprint density at radius 1 is 0.261 bits per heavy atom. The van der Waals surface area contributed by atoms with Gasteiger partial charge in [-0.3, -0.25) is 0 Å². The summed E-state index contributed by atoms with van der Waals surface area (Å²) in [5.41, 5.74) is 32.8. The van der Waals surface area contributed by atoms with Gasteiger partial charge < -0.3 is 9.80 Å². The zero-order valence-electron chi connectivity index (χ0n) is 56.6. The molecule has 2 heteroatoms. The molecule has 0 fully saturated rings. The minimum Gasteiger partial charge on any atom is -0.310 e. The van der Waals surface area contributed by atoms with Crippen LogP contribution in [0.4, 0.5) is 34.1 Å². The number of anilines is 6. The minimum atomic E-state index is 0.629. The van der Waals surface area contributed by atoms with Crippen LogP contribution in [0, 0.1) is 39.5 Å². The van der Waals surface area contributed by atoms with E-state index in [4.69, 9.17) is 0 Å². The Hall–Kier alpha value is -8.98. The molecule has 11 aromatic carbocycles. The Labute approximate surface area is 552 Å². The fraction of sp³-hybridized carbons (Fsp3) is 0.267. The van der Waals surface area contributed by atoms with E-state index >= 15 is 0 Å². The average molecular weight is 1210 g/mol. The zero-order chi connectivity index (χ0) is 64.1. The van der Waals surface area contributed by atoms with Gasteiger partial charge in [-0.15, -0.1) is 0 Å². The fourth-order valence-corrected chi connectivity index (χ4v) is 13.5. The molecule has 0 saturated carbocycles. The van der Waals surface area contributed by atoms with Gasteiger partial charge in [0.25, 0.3) is 0 Å². The summed E-state index contributed by atoms with van der Waals surface area (Å²) >= 11 is 0. The monoisotopic (exact) mass is 1200 g/mol. The van der Waals surface area contributed by atoms with E-state index in [1.54, 1.807) is 0 Å². The van der Waals surface area contributed by atoms with Crippen molar-refractivity contribution >= 4 is 34.1 Å². The first-order chi connectivity index (χ1) is 44.8. The van der Waals surface area contributed by atoms with Crippen molar-refractivity contribution < 1.29 is 0 Å². The van der Waals surface area contributed by atoms with Crippen LogP contribution in [0.15, 0.2) is 243 Å². The molecule has 0 saturated heterocycles. The number of hydrogen-bond donors (Lipinski definition) is 0. The first-order valence-electron chi connectivity index (χ1n) is 34.5. The zero-order valence-corrected chi connectivity index (χ0v) is 56.6. The number of nitrogens with zero attached hydrogens (tertiary/aromatic N) is 2. The van der Waals surface area contributed by atoms with Crippen molar-refractivity contribution in [1.29, 1.82) is 0 Å². The van der Waals surface area contributed by atoms with Crippen LogP contribution in [0.25, 0.3) is 66.8 Å². The van der Waals surface area contributed by atoms with E-state index in [0.717, 1.165) is 72.6 Å². The Balaban J connectivity index is 0.972. The van der Waals surface area contributed by atoms with Crippen LogP contribution in [-0.4, -0.2) is 0 Å². The predicted octanol–water partition coefficient (Wildman–Crippen LogP) is 26.5. The molecule has 0 aliphatic heterocycles. The lowest BCUT2D eigenvalue weighted by Gasteiger charge is -2.28. The van der Waals surface area contributed by atoms with Crippen LogP contribution >= 0.6 is 0 Å². The molecule has 0 aliphatic carbocycles. The molecule has 0 heterocycles. The van der Waals surface area contributed by atoms with Gasteiger partial charge in [-0.2, -0.15) is 0 Å². The molecule has 0 radical (unpaired) electrons. The Kier molecular flexibility index (Phi) is 21.3. The van der Waals surface area contributed by atoms with E-state index in [9.17, 15) is 0 Å². The summed E-state index contributed by atoms with van der Waals surface area (Å²) in [6, 6.07) is 92.4. The third kappa shape index (κ3) is 15.8. The molecule has 0 aliphatic rings. The van der Waals surface area contributed by atoms with Gasteiger partial charge in [0.2, 0.25) is 0 Å². The molecule has 0 unspecified atom stereocenters. The predicted molar refractivity (Wildman–Crippen MR) is 400 cm³/mol. The molecule has 11 aromatic rings. The summed E-state index contributed by atoms with van der Waals surface area (Å²) in [6.45, 7) is 22.8. The highest BCUT2D eigenvalue weighted by atomic mass is 15.1. The molecule has 0 bridgehead atoms. The van der Waals surface area contributed by atoms with E-state index in [1.165, 1.54) is 150 Å². The van der Waals surface area contributed by atoms with E-state index in [1.807, 2.05) is 0 Å². The van der Waals surface area contributed by atoms with Gasteiger partial charge in [0.15, 0.2) is 0 Å². The van der Waals surface area contributed by atoms with E-state index in [0.29, 0.717) is 11.8 Å². The molecule has 0 atom stereocenters. The average Bonchev–Trinajstić information content (AvgIpc) is 0.790. The van der Waals surface area contributed by atoms with E-state index in [-0.39, 0.29) is 0 Å². The van der Waals surface area contributed by atoms with Gasteiger partial charge in [-0.1, -0.05) is 261 Å². The number of rotatable bonds is 26. The molecule has 466 valence electrons. The topological polar surface area (TPSA) is 6.48 Å². The quantitative estimate of drug-likeness (QED) is 0.0499. The lowest BCUT2D eigenvalue weighted by Crippen LogP contribution is -2.10. The highest BCUT2D eigenvalue weighted by Gasteiger charge is 2.22. The molecule has 0 aromatic heterocycles. The third-order valence-electron chi connectivity index (χ3n) is 18.6. The maximum atomic E-state index is 2.61. The van der Waals surface area contributed by atoms with E-state index in [2.05, 4.69) is 322 Å². The Morgan fingerprint density at radius 2 is 0.522 bits per heavy atom. The summed E-state index contributed by atoms with van der Waals surface area (Å²) in [5.74, 6) is 1.26. The van der Waals surface area contributed by atoms with E-state index < -0.39 is 0 Å². The van der Waals surface area contributed by atoms with Crippen molar-refractivity contribution in [2.45, 2.75) is 146 Å². The molecule has 11 rings (SSSR count). The summed E-state index contributed by atoms with van der Waals surface area (Å²) in [6.07, 6.45) is 14.0. The van der Waals surface area contributed by atoms with Crippen LogP contribution in [0.3, 0.4) is 0 Å². The normalized spacial score (nSPS) is 11.4. The van der Waals surface area contributed by atoms with Crippen molar-refractivity contribution in [1.82, 2.24) is 0 Å². The molecule has 0 amide bonds. The van der Waals surface area contributed by atoms with Crippen LogP contribution < -0.4 is 9.80 Å². The summed E-state index contributed by atoms with van der Waals surface area (Å²) in [7, 11) is 0. The molecule has 92 heavy (non-hydrogen) atoms. The molecule has 0 N–H and O–H groups in total. The summed E-state index contributed by atoms with van der Waals surface area (Å²) in [5, 5.41) is 0. The Morgan fingerprint density at radius 3 is 0.783 bits per heavy atom. The van der Waals surface area contributed by atoms with Gasteiger partial charge in [0.1, 0.15) is 0 Å². The SMILES string of the molecule is CCCCCCc1cc(-c2ccc(N(c3ccc(-c4ccc(C)cc4)cc3)c3ccc(-c4ccc(CC(C)C)cc4)cc3)cc2C)c(CCCCCC)cc1-c1ccc(N(c2ccc(-c3ccc(C)cc3)cc2)c2ccc(-c3ccc(CC(C)C)cc3)cc2)cc1C. The standard InChI is InChI=1S/C90H96N2/c1-11-13-15-17-19-79-61-90(88-56-54-86(60-68(88)10)92(82-47-39-76(40-48-82)72-31-23-66(8)24-32-72)84-51-43-78(44-52-84)74-35-27-70(28-36-74)58-64(5)6)80(20-18-16-14-12-2)62-89(79)87-55-53-85(59-67(87)9)91(81-45-37-75(38-46-81)71-29-21-65(7)22-30-71)83-49-41-77(42-50-83)73-33-25-69(26-34-73)57-63(3)4/h21-56,59-64H,11-20,57-58H2,1-10H3. The first-order valence-corrected chi connectivity index (χ1v) is 34.5. The first kappa shape index (κ1) is 64.5. The minimum absolute atomic E-state index is 0.629. The van der Waals surface area contributed by atoms with Crippen molar-refractivity contribution in [3.8, 4) is 66.8 Å². The molecule has 2 nitrogen and oxygen atoms in total. The van der Waals surface area contributed by atoms with Crippen molar-refractivity contribution in [2.75, 3.05) is 9.80 Å². The largest absolute Gasteiger partial charge is 0.310 e. The van der Waals surface area contributed by atoms with Crippen molar-refractivity contribution in [3.05, 3.63) is 287 Å². The fourth-order valence-electron chi connectivity index (χ4n) is 13.5. The van der Waals surface area contributed by atoms with Crippen LogP contribution in [-0.2, 0) is 25.7 Å². The maximum absolute atomic E-state index is 2.61. The Bertz CT molecular complexity index is 3870. The third-order valence-corrected chi connectivity index (χ3v) is 18.6. The molecular formula is C90H96N2. The highest BCUT2D eigenvalue weighted by molar-refractivity contribution is 5.87. The molecular weight excluding hydrogens is 1110 g/mol. The van der Waals surface area contributed by atoms with Crippen LogP contribution in [0.2, 0.25) is 0 Å². The summed E-state index contributed by atoms with van der Waals surface area (Å²) < 4.78 is 0. The molecule has 0 spiro atoms. The number of aryl methyl sites for hydroxylation is 6. The van der Waals surface area contributed by atoms with Crippen molar-refractivity contribution in [3.63, 3.8) is 0 Å². The number of unbranched alkanes of at least 4 members (excludes halogenated alkanes) is 6. The smallest absolute Gasteiger partial charge is 0.0464 e. The van der Waals surface area contributed by atoms with Gasteiger partial charge in [-0.25, -0.2) is 0 Å². The van der Waals surface area contributed by atoms with Gasteiger partial charge >= 0.3 is 0 Å². The van der Waals surface area contributed by atoms with Gasteiger partial charge in [0, 0.05) is 34.1 Å². The highest BCUT2D eigenvalue weighted by Crippen LogP contribution is 2.44. The van der Waals surface area contributed by atoms with Crippen LogP contribution in [0.5, 0.6) is 0 Å². The lowest BCUT2D eigenvalue weighted by molar-refractivity contribution is 0.647. The van der Waals surface area contributed by atoms with Gasteiger partial charge in [0.05, 0.1) is 0 Å². The summed E-state index contributed by atoms with van der Waals surface area (Å²) in [4.78, 5) is 4.88. The second kappa shape index (κ2) is 30.4. The second-order valence-corrected chi connectivity index (χ2v) is 27.0. The lowest BCUT2D eigenvalue weighted by atomic mass is 9.84. The van der Waals surface area contributed by atoms with Gasteiger partial charge in [-0.05, 0) is 251 Å². The maximum Gasteiger partial charge on any atom is 0.0464 e. The number of hydrogen-bond acceptors (Lipinski definition) is 2.